The van der Waals surface area contributed by atoms with Crippen LogP contribution in [0.2, 0.25) is 0 Å². The van der Waals surface area contributed by atoms with Crippen molar-refractivity contribution in [3.63, 3.8) is 0 Å². The normalized spacial score (nSPS) is 15.1. The van der Waals surface area contributed by atoms with E-state index in [1.807, 2.05) is 12.1 Å². The van der Waals surface area contributed by atoms with Crippen molar-refractivity contribution in [3.8, 4) is 0 Å². The topological polar surface area (TPSA) is 26.0 Å². The molecule has 2 unspecified atom stereocenters. The second-order valence-electron chi connectivity index (χ2n) is 6.49. The maximum atomic E-state index is 13.0. The fraction of sp³-hybridized carbons (Fsp3) is 0.667. The highest BCUT2D eigenvalue weighted by molar-refractivity contribution is 5.26. The number of rotatable bonds is 8. The maximum absolute atomic E-state index is 13.0. The average molecular weight is 279 g/mol. The van der Waals surface area contributed by atoms with Crippen LogP contribution in [0.1, 0.15) is 65.4 Å². The first-order chi connectivity index (χ1) is 9.41. The molecule has 0 aliphatic rings. The molecular formula is C18H30FN. The SMILES string of the molecule is CCCCC(CC)CC(N)C(C)(C)c1ccc(F)cc1. The van der Waals surface area contributed by atoms with E-state index in [0.717, 1.165) is 12.0 Å². The molecule has 20 heavy (non-hydrogen) atoms. The second kappa shape index (κ2) is 7.78. The Kier molecular flexibility index (Phi) is 6.67. The number of unbranched alkanes of at least 4 members (excludes halogenated alkanes) is 1. The molecule has 0 aromatic heterocycles. The summed E-state index contributed by atoms with van der Waals surface area (Å²) in [4.78, 5) is 0. The van der Waals surface area contributed by atoms with E-state index in [-0.39, 0.29) is 17.3 Å². The highest BCUT2D eigenvalue weighted by Gasteiger charge is 2.29. The van der Waals surface area contributed by atoms with Crippen LogP contribution in [0.25, 0.3) is 0 Å². The highest BCUT2D eigenvalue weighted by Crippen LogP contribution is 2.31. The molecule has 1 aromatic carbocycles. The van der Waals surface area contributed by atoms with Gasteiger partial charge in [0, 0.05) is 11.5 Å². The van der Waals surface area contributed by atoms with Crippen molar-refractivity contribution in [2.45, 2.75) is 71.3 Å². The molecular weight excluding hydrogens is 249 g/mol. The van der Waals surface area contributed by atoms with E-state index < -0.39 is 0 Å². The molecule has 0 bridgehead atoms. The summed E-state index contributed by atoms with van der Waals surface area (Å²) in [6.07, 6.45) is 6.02. The Bertz CT molecular complexity index is 383. The van der Waals surface area contributed by atoms with E-state index in [1.54, 1.807) is 0 Å². The van der Waals surface area contributed by atoms with Crippen LogP contribution in [-0.4, -0.2) is 6.04 Å². The number of benzene rings is 1. The molecule has 2 N–H and O–H groups in total. The molecule has 0 aliphatic heterocycles. The summed E-state index contributed by atoms with van der Waals surface area (Å²) < 4.78 is 13.0. The van der Waals surface area contributed by atoms with Crippen LogP contribution in [0.3, 0.4) is 0 Å². The van der Waals surface area contributed by atoms with Gasteiger partial charge in [-0.05, 0) is 30.0 Å². The third-order valence-electron chi connectivity index (χ3n) is 4.65. The molecule has 0 spiro atoms. The minimum absolute atomic E-state index is 0.106. The summed E-state index contributed by atoms with van der Waals surface area (Å²) in [5, 5.41) is 0. The minimum Gasteiger partial charge on any atom is -0.327 e. The molecule has 0 saturated heterocycles. The first-order valence-corrected chi connectivity index (χ1v) is 7.93. The van der Waals surface area contributed by atoms with Gasteiger partial charge in [-0.1, -0.05) is 65.5 Å². The van der Waals surface area contributed by atoms with Gasteiger partial charge in [-0.25, -0.2) is 4.39 Å². The molecule has 0 saturated carbocycles. The first-order valence-electron chi connectivity index (χ1n) is 7.93. The van der Waals surface area contributed by atoms with Gasteiger partial charge in [0.2, 0.25) is 0 Å². The smallest absolute Gasteiger partial charge is 0.123 e. The third kappa shape index (κ3) is 4.59. The molecule has 1 aromatic rings. The van der Waals surface area contributed by atoms with Gasteiger partial charge < -0.3 is 5.73 Å². The largest absolute Gasteiger partial charge is 0.327 e. The van der Waals surface area contributed by atoms with E-state index in [1.165, 1.54) is 37.8 Å². The average Bonchev–Trinajstić information content (AvgIpc) is 2.43. The number of hydrogen-bond acceptors (Lipinski definition) is 1. The Morgan fingerprint density at radius 1 is 1.15 bits per heavy atom. The van der Waals surface area contributed by atoms with Gasteiger partial charge in [0.05, 0.1) is 0 Å². The van der Waals surface area contributed by atoms with E-state index in [9.17, 15) is 4.39 Å². The van der Waals surface area contributed by atoms with Crippen molar-refractivity contribution in [1.29, 1.82) is 0 Å². The first kappa shape index (κ1) is 17.2. The number of hydrogen-bond donors (Lipinski definition) is 1. The van der Waals surface area contributed by atoms with Gasteiger partial charge in [0.1, 0.15) is 5.82 Å². The summed E-state index contributed by atoms with van der Waals surface area (Å²) in [7, 11) is 0. The van der Waals surface area contributed by atoms with Gasteiger partial charge >= 0.3 is 0 Å². The van der Waals surface area contributed by atoms with Gasteiger partial charge in [-0.2, -0.15) is 0 Å². The molecule has 0 radical (unpaired) electrons. The van der Waals surface area contributed by atoms with Crippen molar-refractivity contribution in [2.24, 2.45) is 11.7 Å². The zero-order valence-electron chi connectivity index (χ0n) is 13.5. The molecule has 114 valence electrons. The lowest BCUT2D eigenvalue weighted by molar-refractivity contribution is 0.308. The van der Waals surface area contributed by atoms with Crippen molar-refractivity contribution >= 4 is 0 Å². The summed E-state index contributed by atoms with van der Waals surface area (Å²) >= 11 is 0. The Morgan fingerprint density at radius 2 is 1.75 bits per heavy atom. The van der Waals surface area contributed by atoms with Gasteiger partial charge in [-0.15, -0.1) is 0 Å². The molecule has 1 nitrogen and oxygen atoms in total. The quantitative estimate of drug-likeness (QED) is 0.709. The molecule has 2 atom stereocenters. The molecule has 1 rings (SSSR count). The van der Waals surface area contributed by atoms with Gasteiger partial charge in [-0.3, -0.25) is 0 Å². The summed E-state index contributed by atoms with van der Waals surface area (Å²) in [6.45, 7) is 8.81. The van der Waals surface area contributed by atoms with Crippen LogP contribution in [0.4, 0.5) is 4.39 Å². The third-order valence-corrected chi connectivity index (χ3v) is 4.65. The lowest BCUT2D eigenvalue weighted by Gasteiger charge is -2.34. The van der Waals surface area contributed by atoms with Crippen molar-refractivity contribution in [2.75, 3.05) is 0 Å². The fourth-order valence-corrected chi connectivity index (χ4v) is 2.73. The van der Waals surface area contributed by atoms with Crippen molar-refractivity contribution < 1.29 is 4.39 Å². The predicted octanol–water partition coefficient (Wildman–Crippen LogP) is 5.04. The maximum Gasteiger partial charge on any atom is 0.123 e. The molecule has 0 aliphatic carbocycles. The lowest BCUT2D eigenvalue weighted by Crippen LogP contribution is -2.42. The van der Waals surface area contributed by atoms with Crippen LogP contribution < -0.4 is 5.73 Å². The van der Waals surface area contributed by atoms with Crippen LogP contribution >= 0.6 is 0 Å². The molecule has 0 heterocycles. The zero-order chi connectivity index (χ0) is 15.2. The van der Waals surface area contributed by atoms with Crippen molar-refractivity contribution in [3.05, 3.63) is 35.6 Å². The predicted molar refractivity (Wildman–Crippen MR) is 85.3 cm³/mol. The van der Waals surface area contributed by atoms with Gasteiger partial charge in [0.15, 0.2) is 0 Å². The summed E-state index contributed by atoms with van der Waals surface area (Å²) in [5.74, 6) is 0.511. The van der Waals surface area contributed by atoms with Crippen LogP contribution in [-0.2, 0) is 5.41 Å². The monoisotopic (exact) mass is 279 g/mol. The highest BCUT2D eigenvalue weighted by atomic mass is 19.1. The van der Waals surface area contributed by atoms with Crippen LogP contribution in [0.5, 0.6) is 0 Å². The van der Waals surface area contributed by atoms with E-state index in [2.05, 4.69) is 27.7 Å². The molecule has 2 heteroatoms. The van der Waals surface area contributed by atoms with E-state index in [4.69, 9.17) is 5.73 Å². The van der Waals surface area contributed by atoms with E-state index in [0.29, 0.717) is 5.92 Å². The second-order valence-corrected chi connectivity index (χ2v) is 6.49. The van der Waals surface area contributed by atoms with E-state index >= 15 is 0 Å². The van der Waals surface area contributed by atoms with Crippen LogP contribution in [0.15, 0.2) is 24.3 Å². The number of halogens is 1. The summed E-state index contributed by atoms with van der Waals surface area (Å²) in [5.41, 5.74) is 7.48. The minimum atomic E-state index is -0.187. The zero-order valence-corrected chi connectivity index (χ0v) is 13.5. The molecule has 0 fully saturated rings. The number of nitrogens with two attached hydrogens (primary N) is 1. The lowest BCUT2D eigenvalue weighted by atomic mass is 9.74. The van der Waals surface area contributed by atoms with Crippen molar-refractivity contribution in [1.82, 2.24) is 0 Å². The van der Waals surface area contributed by atoms with Gasteiger partial charge in [0.25, 0.3) is 0 Å². The Morgan fingerprint density at radius 3 is 2.25 bits per heavy atom. The van der Waals surface area contributed by atoms with Crippen LogP contribution in [0, 0.1) is 11.7 Å². The standard InChI is InChI=1S/C18H30FN/c1-5-7-8-14(6-2)13-17(20)18(3,4)15-9-11-16(19)12-10-15/h9-12,14,17H,5-8,13,20H2,1-4H3. The molecule has 0 amide bonds. The Hall–Kier alpha value is -0.890. The fourth-order valence-electron chi connectivity index (χ4n) is 2.73. The Labute approximate surface area is 123 Å². The Balaban J connectivity index is 2.72. The summed E-state index contributed by atoms with van der Waals surface area (Å²) in [6, 6.07) is 6.88.